The summed E-state index contributed by atoms with van der Waals surface area (Å²) in [5.74, 6) is 0.564. The molecule has 1 atom stereocenters. The summed E-state index contributed by atoms with van der Waals surface area (Å²) in [6, 6.07) is 20.1. The van der Waals surface area contributed by atoms with E-state index in [0.29, 0.717) is 16.0 Å². The molecule has 2 heterocycles. The van der Waals surface area contributed by atoms with E-state index in [1.165, 1.54) is 0 Å². The van der Waals surface area contributed by atoms with Gasteiger partial charge < -0.3 is 10.3 Å². The van der Waals surface area contributed by atoms with Gasteiger partial charge in [-0.05, 0) is 66.3 Å². The molecule has 0 amide bonds. The van der Waals surface area contributed by atoms with Crippen LogP contribution in [0.25, 0.3) is 22.2 Å². The zero-order chi connectivity index (χ0) is 21.5. The molecular weight excluding hydrogens is 429 g/mol. The molecule has 1 aliphatic carbocycles. The van der Waals surface area contributed by atoms with Crippen molar-refractivity contribution >= 4 is 34.2 Å². The molecule has 2 N–H and O–H groups in total. The van der Waals surface area contributed by atoms with Crippen LogP contribution >= 0.6 is 23.2 Å². The third-order valence-corrected chi connectivity index (χ3v) is 6.28. The van der Waals surface area contributed by atoms with Crippen molar-refractivity contribution in [2.75, 3.05) is 0 Å². The first kappa shape index (κ1) is 20.3. The Labute approximate surface area is 190 Å². The number of rotatable bonds is 5. The van der Waals surface area contributed by atoms with Gasteiger partial charge in [0.15, 0.2) is 0 Å². The van der Waals surface area contributed by atoms with Crippen LogP contribution in [-0.2, 0) is 6.54 Å². The van der Waals surface area contributed by atoms with Crippen LogP contribution in [0.1, 0.15) is 30.1 Å². The van der Waals surface area contributed by atoms with E-state index in [1.807, 2.05) is 65.2 Å². The molecule has 4 aromatic rings. The second-order valence-electron chi connectivity index (χ2n) is 8.09. The van der Waals surface area contributed by atoms with E-state index in [9.17, 15) is 4.79 Å². The minimum absolute atomic E-state index is 0.0223. The molecule has 1 aliphatic rings. The summed E-state index contributed by atoms with van der Waals surface area (Å²) in [4.78, 5) is 18.0. The predicted octanol–water partition coefficient (Wildman–Crippen LogP) is 5.83. The van der Waals surface area contributed by atoms with Crippen LogP contribution in [0.15, 0.2) is 71.5 Å². The number of nitrogens with zero attached hydrogens (tertiary/aromatic N) is 2. The number of hydrogen-bond donors (Lipinski definition) is 1. The van der Waals surface area contributed by atoms with E-state index in [2.05, 4.69) is 0 Å². The monoisotopic (exact) mass is 449 g/mol. The Morgan fingerprint density at radius 1 is 1.00 bits per heavy atom. The summed E-state index contributed by atoms with van der Waals surface area (Å²) in [5, 5.41) is 1.27. The fourth-order valence-corrected chi connectivity index (χ4v) is 4.22. The fourth-order valence-electron chi connectivity index (χ4n) is 3.91. The molecule has 2 aromatic heterocycles. The highest BCUT2D eigenvalue weighted by molar-refractivity contribution is 6.31. The highest BCUT2D eigenvalue weighted by atomic mass is 35.5. The molecule has 2 aromatic carbocycles. The van der Waals surface area contributed by atoms with Gasteiger partial charge in [0.2, 0.25) is 0 Å². The van der Waals surface area contributed by atoms with Gasteiger partial charge in [-0.2, -0.15) is 0 Å². The van der Waals surface area contributed by atoms with Crippen molar-refractivity contribution in [3.8, 4) is 11.1 Å². The molecule has 0 spiro atoms. The van der Waals surface area contributed by atoms with Crippen LogP contribution in [0.3, 0.4) is 0 Å². The molecule has 0 bridgehead atoms. The van der Waals surface area contributed by atoms with Crippen molar-refractivity contribution < 1.29 is 0 Å². The second-order valence-corrected chi connectivity index (χ2v) is 8.97. The molecule has 0 saturated heterocycles. The number of halogens is 2. The molecule has 0 aliphatic heterocycles. The highest BCUT2D eigenvalue weighted by Crippen LogP contribution is 2.33. The topological polar surface area (TPSA) is 60.9 Å². The first-order valence-electron chi connectivity index (χ1n) is 10.3. The Balaban J connectivity index is 1.70. The first-order valence-corrected chi connectivity index (χ1v) is 11.1. The van der Waals surface area contributed by atoms with Gasteiger partial charge in [0.1, 0.15) is 0 Å². The smallest absolute Gasteiger partial charge is 0.251 e. The average Bonchev–Trinajstić information content (AvgIpc) is 3.59. The van der Waals surface area contributed by atoms with E-state index >= 15 is 0 Å². The van der Waals surface area contributed by atoms with Crippen LogP contribution in [0.5, 0.6) is 0 Å². The Morgan fingerprint density at radius 2 is 1.77 bits per heavy atom. The molecule has 1 unspecified atom stereocenters. The molecule has 1 fully saturated rings. The van der Waals surface area contributed by atoms with Crippen molar-refractivity contribution in [2.45, 2.75) is 25.4 Å². The number of nitrogens with two attached hydrogens (primary N) is 1. The number of pyridine rings is 2. The summed E-state index contributed by atoms with van der Waals surface area (Å²) in [6.45, 7) is 0.718. The molecule has 0 radical (unpaired) electrons. The third-order valence-electron chi connectivity index (χ3n) is 5.80. The lowest BCUT2D eigenvalue weighted by atomic mass is 10.0. The van der Waals surface area contributed by atoms with Crippen molar-refractivity contribution in [1.29, 1.82) is 0 Å². The fraction of sp³-hybridized carbons (Fsp3) is 0.200. The van der Waals surface area contributed by atoms with Crippen molar-refractivity contribution in [1.82, 2.24) is 9.55 Å². The van der Waals surface area contributed by atoms with E-state index in [0.717, 1.165) is 52.8 Å². The van der Waals surface area contributed by atoms with E-state index in [4.69, 9.17) is 33.9 Å². The number of hydrogen-bond acceptors (Lipinski definition) is 3. The Morgan fingerprint density at radius 3 is 2.48 bits per heavy atom. The lowest BCUT2D eigenvalue weighted by molar-refractivity contribution is 0.626. The van der Waals surface area contributed by atoms with Crippen LogP contribution in [0.4, 0.5) is 0 Å². The molecular formula is C25H21Cl2N3O. The molecule has 31 heavy (non-hydrogen) atoms. The van der Waals surface area contributed by atoms with Crippen molar-refractivity contribution in [3.05, 3.63) is 98.4 Å². The third kappa shape index (κ3) is 4.11. The highest BCUT2D eigenvalue weighted by Gasteiger charge is 2.24. The van der Waals surface area contributed by atoms with Crippen molar-refractivity contribution in [3.63, 3.8) is 0 Å². The molecule has 5 rings (SSSR count). The van der Waals surface area contributed by atoms with Crippen LogP contribution in [0.2, 0.25) is 10.0 Å². The normalized spacial score (nSPS) is 14.7. The molecule has 6 heteroatoms. The Kier molecular flexibility index (Phi) is 5.30. The largest absolute Gasteiger partial charge is 0.319 e. The predicted molar refractivity (Wildman–Crippen MR) is 127 cm³/mol. The maximum absolute atomic E-state index is 13.0. The summed E-state index contributed by atoms with van der Waals surface area (Å²) >= 11 is 12.3. The Hall–Kier alpha value is -2.66. The average molecular weight is 450 g/mol. The number of fused-ring (bicyclic) bond motifs is 1. The molecule has 4 nitrogen and oxygen atoms in total. The van der Waals surface area contributed by atoms with Gasteiger partial charge in [-0.15, -0.1) is 0 Å². The standard InChI is InChI=1S/C25H21Cl2N3O/c26-18-8-6-16(7-9-18)24(28)21-10-11-22-25(29-21)20(17-2-1-3-19(27)12-17)13-23(31)30(22)14-15-4-5-15/h1-3,6-13,15,24H,4-5,14,28H2. The van der Waals surface area contributed by atoms with Gasteiger partial charge in [0.25, 0.3) is 5.56 Å². The molecule has 1 saturated carbocycles. The maximum atomic E-state index is 13.0. The lowest BCUT2D eigenvalue weighted by Gasteiger charge is -2.17. The Bertz CT molecular complexity index is 1330. The zero-order valence-corrected chi connectivity index (χ0v) is 18.3. The van der Waals surface area contributed by atoms with Gasteiger partial charge in [-0.25, -0.2) is 4.98 Å². The minimum Gasteiger partial charge on any atom is -0.319 e. The summed E-state index contributed by atoms with van der Waals surface area (Å²) in [6.07, 6.45) is 2.33. The van der Waals surface area contributed by atoms with Crippen LogP contribution in [0, 0.1) is 5.92 Å². The maximum Gasteiger partial charge on any atom is 0.251 e. The van der Waals surface area contributed by atoms with Crippen LogP contribution < -0.4 is 11.3 Å². The molecule has 156 valence electrons. The first-order chi connectivity index (χ1) is 15.0. The van der Waals surface area contributed by atoms with Gasteiger partial charge >= 0.3 is 0 Å². The van der Waals surface area contributed by atoms with Gasteiger partial charge in [-0.3, -0.25) is 4.79 Å². The van der Waals surface area contributed by atoms with Gasteiger partial charge in [0, 0.05) is 28.2 Å². The zero-order valence-electron chi connectivity index (χ0n) is 16.8. The summed E-state index contributed by atoms with van der Waals surface area (Å²) in [5.41, 5.74) is 11.4. The van der Waals surface area contributed by atoms with Gasteiger partial charge in [-0.1, -0.05) is 47.5 Å². The minimum atomic E-state index is -0.405. The quantitative estimate of drug-likeness (QED) is 0.416. The number of aromatic nitrogens is 2. The SMILES string of the molecule is NC(c1ccc(Cl)cc1)c1ccc2c(n1)c(-c1cccc(Cl)c1)cc(=O)n2CC1CC1. The van der Waals surface area contributed by atoms with E-state index < -0.39 is 6.04 Å². The summed E-state index contributed by atoms with van der Waals surface area (Å²) < 4.78 is 1.84. The van der Waals surface area contributed by atoms with Gasteiger partial charge in [0.05, 0.1) is 22.8 Å². The number of benzene rings is 2. The second kappa shape index (κ2) is 8.12. The van der Waals surface area contributed by atoms with Crippen LogP contribution in [-0.4, -0.2) is 9.55 Å². The lowest BCUT2D eigenvalue weighted by Crippen LogP contribution is -2.22. The van der Waals surface area contributed by atoms with E-state index in [-0.39, 0.29) is 5.56 Å². The summed E-state index contributed by atoms with van der Waals surface area (Å²) in [7, 11) is 0. The van der Waals surface area contributed by atoms with Crippen molar-refractivity contribution in [2.24, 2.45) is 11.7 Å². The van der Waals surface area contributed by atoms with E-state index in [1.54, 1.807) is 6.07 Å².